The van der Waals surface area contributed by atoms with Crippen LogP contribution in [0.1, 0.15) is 0 Å². The Bertz CT molecular complexity index is 3370. The van der Waals surface area contributed by atoms with E-state index in [-0.39, 0.29) is 0 Å². The molecular formula is C50H28N10. The van der Waals surface area contributed by atoms with Crippen molar-refractivity contribution in [2.45, 2.75) is 0 Å². The molecule has 0 spiro atoms. The highest BCUT2D eigenvalue weighted by Crippen LogP contribution is 2.42. The van der Waals surface area contributed by atoms with Crippen LogP contribution in [0.2, 0.25) is 0 Å². The Kier molecular flexibility index (Phi) is 7.60. The second kappa shape index (κ2) is 13.6. The number of aromatic nitrogens is 10. The van der Waals surface area contributed by atoms with Gasteiger partial charge in [-0.1, -0.05) is 109 Å². The first-order valence-electron chi connectivity index (χ1n) is 19.5. The van der Waals surface area contributed by atoms with Crippen molar-refractivity contribution >= 4 is 54.4 Å². The molecule has 0 aliphatic carbocycles. The van der Waals surface area contributed by atoms with E-state index < -0.39 is 0 Å². The van der Waals surface area contributed by atoms with E-state index in [1.807, 2.05) is 97.1 Å². The molecule has 0 saturated carbocycles. The molecule has 0 aliphatic rings. The van der Waals surface area contributed by atoms with Gasteiger partial charge in [-0.25, -0.2) is 29.9 Å². The first-order valence-corrected chi connectivity index (χ1v) is 19.5. The van der Waals surface area contributed by atoms with Crippen LogP contribution in [-0.2, 0) is 0 Å². The highest BCUT2D eigenvalue weighted by atomic mass is 15.0. The van der Waals surface area contributed by atoms with Gasteiger partial charge >= 0.3 is 0 Å². The Balaban J connectivity index is 1.09. The zero-order chi connectivity index (χ0) is 39.6. The average molecular weight is 769 g/mol. The van der Waals surface area contributed by atoms with Gasteiger partial charge in [-0.2, -0.15) is 0 Å². The lowest BCUT2D eigenvalue weighted by molar-refractivity contribution is 1.08. The van der Waals surface area contributed by atoms with E-state index in [1.165, 1.54) is 0 Å². The second-order valence-electron chi connectivity index (χ2n) is 14.5. The molecule has 0 aliphatic heterocycles. The number of fused-ring (bicyclic) bond motifs is 2. The summed E-state index contributed by atoms with van der Waals surface area (Å²) in [6.07, 6.45) is 6.77. The number of rotatable bonds is 6. The standard InChI is InChI=1S/C50H28N10/c1-3-9-31(10-4-1)45-55-47(59-49(57-45)37-13-7-15-39-43(37)53-27-25-51-39)35-23-19-29-18-22-34-36(24-20-30-17-21-33(35)41(29)42(30)34)48-56-46(32-11-5-2-6-12-32)58-50(60-48)38-14-8-16-40-44(38)54-28-26-52-40/h1-28H. The molecule has 8 aromatic carbocycles. The van der Waals surface area contributed by atoms with Crippen molar-refractivity contribution in [2.75, 3.05) is 0 Å². The Hall–Kier alpha value is -8.50. The fraction of sp³-hybridized carbons (Fsp3) is 0. The minimum Gasteiger partial charge on any atom is -0.253 e. The van der Waals surface area contributed by atoms with Gasteiger partial charge in [0.05, 0.1) is 22.1 Å². The SMILES string of the molecule is c1ccc(-c2nc(-c3ccc4ccc5c(-c6nc(-c7ccccc7)nc(-c7cccc8nccnc78)n6)ccc6ccc3c4c65)nc(-c3cccc4nccnc34)n2)cc1. The summed E-state index contributed by atoms with van der Waals surface area (Å²) in [5.74, 6) is 3.31. The molecule has 0 amide bonds. The molecule has 0 atom stereocenters. The molecule has 0 bridgehead atoms. The first-order chi connectivity index (χ1) is 29.7. The lowest BCUT2D eigenvalue weighted by Crippen LogP contribution is -2.02. The summed E-state index contributed by atoms with van der Waals surface area (Å²) in [5.41, 5.74) is 8.11. The molecule has 0 radical (unpaired) electrons. The van der Waals surface area contributed by atoms with E-state index in [1.54, 1.807) is 24.8 Å². The molecular weight excluding hydrogens is 741 g/mol. The number of nitrogens with zero attached hydrogens (tertiary/aromatic N) is 10. The Morgan fingerprint density at radius 2 is 0.650 bits per heavy atom. The third kappa shape index (κ3) is 5.50. The Morgan fingerprint density at radius 1 is 0.267 bits per heavy atom. The zero-order valence-corrected chi connectivity index (χ0v) is 31.6. The molecule has 4 aromatic heterocycles. The van der Waals surface area contributed by atoms with Gasteiger partial charge in [0.15, 0.2) is 34.9 Å². The van der Waals surface area contributed by atoms with Crippen molar-refractivity contribution in [3.8, 4) is 68.3 Å². The van der Waals surface area contributed by atoms with Crippen LogP contribution in [0.15, 0.2) is 170 Å². The molecule has 12 rings (SSSR count). The predicted octanol–water partition coefficient (Wildman–Crippen LogP) is 10.8. The number of hydrogen-bond donors (Lipinski definition) is 0. The van der Waals surface area contributed by atoms with Crippen molar-refractivity contribution in [1.82, 2.24) is 49.8 Å². The fourth-order valence-corrected chi connectivity index (χ4v) is 8.20. The van der Waals surface area contributed by atoms with Crippen molar-refractivity contribution in [2.24, 2.45) is 0 Å². The summed E-state index contributed by atoms with van der Waals surface area (Å²) in [5, 5.41) is 6.44. The van der Waals surface area contributed by atoms with Crippen molar-refractivity contribution in [3.05, 3.63) is 170 Å². The number of benzene rings is 8. The lowest BCUT2D eigenvalue weighted by Gasteiger charge is -2.16. The maximum Gasteiger partial charge on any atom is 0.166 e. The third-order valence-electron chi connectivity index (χ3n) is 11.0. The quantitative estimate of drug-likeness (QED) is 0.151. The molecule has 4 heterocycles. The van der Waals surface area contributed by atoms with E-state index in [9.17, 15) is 0 Å². The largest absolute Gasteiger partial charge is 0.253 e. The summed E-state index contributed by atoms with van der Waals surface area (Å²) in [7, 11) is 0. The van der Waals surface area contributed by atoms with E-state index in [4.69, 9.17) is 29.9 Å². The Morgan fingerprint density at radius 3 is 1.10 bits per heavy atom. The topological polar surface area (TPSA) is 129 Å². The van der Waals surface area contributed by atoms with Crippen LogP contribution in [0.25, 0.3) is 123 Å². The lowest BCUT2D eigenvalue weighted by atomic mass is 9.89. The predicted molar refractivity (Wildman–Crippen MR) is 236 cm³/mol. The van der Waals surface area contributed by atoms with Crippen LogP contribution < -0.4 is 0 Å². The Labute approximate surface area is 341 Å². The van der Waals surface area contributed by atoms with Gasteiger partial charge in [-0.3, -0.25) is 19.9 Å². The summed E-state index contributed by atoms with van der Waals surface area (Å²) in [6, 6.07) is 49.0. The minimum atomic E-state index is 0.523. The molecule has 0 N–H and O–H groups in total. The van der Waals surface area contributed by atoms with Crippen LogP contribution in [0.4, 0.5) is 0 Å². The van der Waals surface area contributed by atoms with E-state index in [0.29, 0.717) is 34.9 Å². The van der Waals surface area contributed by atoms with Crippen LogP contribution >= 0.6 is 0 Å². The van der Waals surface area contributed by atoms with Crippen molar-refractivity contribution < 1.29 is 0 Å². The minimum absolute atomic E-state index is 0.523. The second-order valence-corrected chi connectivity index (χ2v) is 14.5. The van der Waals surface area contributed by atoms with E-state index in [0.717, 1.165) is 87.8 Å². The van der Waals surface area contributed by atoms with Gasteiger partial charge in [-0.15, -0.1) is 0 Å². The fourth-order valence-electron chi connectivity index (χ4n) is 8.20. The summed E-state index contributed by atoms with van der Waals surface area (Å²) in [4.78, 5) is 49.1. The smallest absolute Gasteiger partial charge is 0.166 e. The zero-order valence-electron chi connectivity index (χ0n) is 31.6. The normalized spacial score (nSPS) is 11.7. The number of para-hydroxylation sites is 2. The van der Waals surface area contributed by atoms with Crippen molar-refractivity contribution in [3.63, 3.8) is 0 Å². The molecule has 10 heteroatoms. The van der Waals surface area contributed by atoms with Gasteiger partial charge < -0.3 is 0 Å². The summed E-state index contributed by atoms with van der Waals surface area (Å²) >= 11 is 0. The van der Waals surface area contributed by atoms with Gasteiger partial charge in [0.25, 0.3) is 0 Å². The van der Waals surface area contributed by atoms with E-state index >= 15 is 0 Å². The highest BCUT2D eigenvalue weighted by Gasteiger charge is 2.21. The van der Waals surface area contributed by atoms with Crippen LogP contribution in [0, 0.1) is 0 Å². The van der Waals surface area contributed by atoms with Gasteiger partial charge in [0.2, 0.25) is 0 Å². The molecule has 0 unspecified atom stereocenters. The first kappa shape index (κ1) is 33.6. The molecule has 60 heavy (non-hydrogen) atoms. The highest BCUT2D eigenvalue weighted by molar-refractivity contribution is 6.27. The molecule has 278 valence electrons. The number of hydrogen-bond acceptors (Lipinski definition) is 10. The monoisotopic (exact) mass is 768 g/mol. The molecule has 12 aromatic rings. The maximum atomic E-state index is 5.17. The van der Waals surface area contributed by atoms with Crippen LogP contribution in [0.5, 0.6) is 0 Å². The average Bonchev–Trinajstić information content (AvgIpc) is 3.33. The third-order valence-corrected chi connectivity index (χ3v) is 11.0. The summed E-state index contributed by atoms with van der Waals surface area (Å²) < 4.78 is 0. The van der Waals surface area contributed by atoms with E-state index in [2.05, 4.69) is 68.5 Å². The van der Waals surface area contributed by atoms with Gasteiger partial charge in [0.1, 0.15) is 0 Å². The molecule has 10 nitrogen and oxygen atoms in total. The van der Waals surface area contributed by atoms with Crippen LogP contribution in [-0.4, -0.2) is 49.8 Å². The molecule has 0 fully saturated rings. The summed E-state index contributed by atoms with van der Waals surface area (Å²) in [6.45, 7) is 0. The van der Waals surface area contributed by atoms with Crippen LogP contribution in [0.3, 0.4) is 0 Å². The maximum absolute atomic E-state index is 5.17. The van der Waals surface area contributed by atoms with Crippen molar-refractivity contribution in [1.29, 1.82) is 0 Å². The van der Waals surface area contributed by atoms with Gasteiger partial charge in [-0.05, 0) is 68.7 Å². The molecule has 0 saturated heterocycles. The van der Waals surface area contributed by atoms with Gasteiger partial charge in [0, 0.05) is 58.2 Å².